The number of aryl methyl sites for hydroxylation is 2. The normalized spacial score (nSPS) is 19.3. The molecule has 0 saturated carbocycles. The summed E-state index contributed by atoms with van der Waals surface area (Å²) in [6.45, 7) is -3.70. The Kier molecular flexibility index (Phi) is 2.94. The summed E-state index contributed by atoms with van der Waals surface area (Å²) in [5, 5.41) is 18.9. The average molecular weight is 301 g/mol. The summed E-state index contributed by atoms with van der Waals surface area (Å²) in [6.07, 6.45) is -5.56. The van der Waals surface area contributed by atoms with Gasteiger partial charge in [-0.1, -0.05) is 0 Å². The molecule has 0 radical (unpaired) electrons. The predicted molar refractivity (Wildman–Crippen MR) is 77.2 cm³/mol. The fourth-order valence-electron chi connectivity index (χ4n) is 2.08. The summed E-state index contributed by atoms with van der Waals surface area (Å²) in [6, 6.07) is 0. The summed E-state index contributed by atoms with van der Waals surface area (Å²) in [5.41, 5.74) is -0.857. The molecule has 0 aliphatic rings. The largest absolute Gasteiger partial charge is 0.394 e. The van der Waals surface area contributed by atoms with E-state index in [1.807, 2.05) is 0 Å². The highest BCUT2D eigenvalue weighted by atomic mass is 16.3. The van der Waals surface area contributed by atoms with Crippen molar-refractivity contribution < 1.29 is 17.1 Å². The molecule has 0 saturated heterocycles. The molecular weight excluding hydrogens is 276 g/mol. The van der Waals surface area contributed by atoms with E-state index in [-0.39, 0.29) is 24.1 Å². The summed E-state index contributed by atoms with van der Waals surface area (Å²) >= 11 is 0. The van der Waals surface area contributed by atoms with Crippen molar-refractivity contribution in [2.24, 2.45) is 14.1 Å². The molecule has 0 fully saturated rings. The summed E-state index contributed by atoms with van der Waals surface area (Å²) in [7, 11) is 3.03. The SMILES string of the molecule is [2H]C([2H])(O)[C@]([2H])(O)C([2H])([2H])CCCn1c(=O)c2c(ncn2C)n(C)c1=O. The van der Waals surface area contributed by atoms with Gasteiger partial charge < -0.3 is 14.8 Å². The van der Waals surface area contributed by atoms with E-state index in [2.05, 4.69) is 4.98 Å². The third-order valence-electron chi connectivity index (χ3n) is 3.16. The van der Waals surface area contributed by atoms with Crippen LogP contribution in [0.15, 0.2) is 15.9 Å². The number of hydrogen-bond acceptors (Lipinski definition) is 5. The quantitative estimate of drug-likeness (QED) is 0.709. The van der Waals surface area contributed by atoms with Crippen LogP contribution >= 0.6 is 0 Å². The number of rotatable bonds is 6. The highest BCUT2D eigenvalue weighted by Gasteiger charge is 2.14. The van der Waals surface area contributed by atoms with Gasteiger partial charge in [-0.3, -0.25) is 13.9 Å². The molecule has 0 aliphatic carbocycles. The number of fused-ring (bicyclic) bond motifs is 1. The molecule has 0 unspecified atom stereocenters. The van der Waals surface area contributed by atoms with Crippen LogP contribution in [-0.2, 0) is 20.6 Å². The molecule has 2 N–H and O–H groups in total. The molecule has 1 atom stereocenters. The molecule has 2 rings (SSSR count). The molecule has 21 heavy (non-hydrogen) atoms. The van der Waals surface area contributed by atoms with Gasteiger partial charge in [-0.05, 0) is 19.2 Å². The zero-order valence-electron chi connectivity index (χ0n) is 16.7. The van der Waals surface area contributed by atoms with E-state index in [0.717, 1.165) is 4.57 Å². The maximum atomic E-state index is 12.5. The number of hydrogen-bond donors (Lipinski definition) is 2. The van der Waals surface area contributed by atoms with Crippen LogP contribution in [0.5, 0.6) is 0 Å². The maximum absolute atomic E-state index is 12.5. The van der Waals surface area contributed by atoms with Crippen LogP contribution in [-0.4, -0.2) is 41.5 Å². The summed E-state index contributed by atoms with van der Waals surface area (Å²) < 4.78 is 40.3. The Labute approximate surface area is 127 Å². The second-order valence-electron chi connectivity index (χ2n) is 4.57. The Morgan fingerprint density at radius 2 is 2.14 bits per heavy atom. The second-order valence-corrected chi connectivity index (χ2v) is 4.57. The first kappa shape index (κ1) is 9.91. The van der Waals surface area contributed by atoms with Crippen molar-refractivity contribution in [3.63, 3.8) is 0 Å². The monoisotopic (exact) mass is 301 g/mol. The topological polar surface area (TPSA) is 102 Å². The molecule has 8 heteroatoms. The lowest BCUT2D eigenvalue weighted by atomic mass is 10.1. The Morgan fingerprint density at radius 1 is 1.43 bits per heavy atom. The molecule has 8 nitrogen and oxygen atoms in total. The molecule has 2 aromatic rings. The third-order valence-corrected chi connectivity index (χ3v) is 3.16. The van der Waals surface area contributed by atoms with Crippen molar-refractivity contribution in [3.05, 3.63) is 27.2 Å². The number of aliphatic hydroxyl groups is 2. The van der Waals surface area contributed by atoms with Crippen LogP contribution in [0.25, 0.3) is 11.2 Å². The highest BCUT2D eigenvalue weighted by Crippen LogP contribution is 2.05. The van der Waals surface area contributed by atoms with Crippen LogP contribution in [0.3, 0.4) is 0 Å². The van der Waals surface area contributed by atoms with Crippen molar-refractivity contribution in [1.29, 1.82) is 0 Å². The van der Waals surface area contributed by atoms with E-state index in [4.69, 9.17) is 6.85 Å². The van der Waals surface area contributed by atoms with Gasteiger partial charge in [0.05, 0.1) is 23.1 Å². The smallest absolute Gasteiger partial charge is 0.332 e. The van der Waals surface area contributed by atoms with Crippen molar-refractivity contribution in [1.82, 2.24) is 18.7 Å². The molecule has 2 heterocycles. The first-order valence-corrected chi connectivity index (χ1v) is 6.28. The van der Waals surface area contributed by atoms with Gasteiger partial charge in [-0.15, -0.1) is 0 Å². The van der Waals surface area contributed by atoms with Gasteiger partial charge in [0.1, 0.15) is 0 Å². The average Bonchev–Trinajstić information content (AvgIpc) is 2.89. The molecule has 0 aliphatic heterocycles. The Balaban J connectivity index is 2.30. The van der Waals surface area contributed by atoms with Gasteiger partial charge in [-0.25, -0.2) is 9.78 Å². The maximum Gasteiger partial charge on any atom is 0.332 e. The van der Waals surface area contributed by atoms with E-state index < -0.39 is 36.7 Å². The minimum Gasteiger partial charge on any atom is -0.394 e. The number of nitrogens with zero attached hydrogens (tertiary/aromatic N) is 4. The summed E-state index contributed by atoms with van der Waals surface area (Å²) in [5.74, 6) is 0. The van der Waals surface area contributed by atoms with E-state index in [0.29, 0.717) is 0 Å². The van der Waals surface area contributed by atoms with Crippen molar-refractivity contribution >= 4 is 11.2 Å². The fourth-order valence-corrected chi connectivity index (χ4v) is 2.08. The zero-order chi connectivity index (χ0) is 20.1. The van der Waals surface area contributed by atoms with E-state index >= 15 is 0 Å². The first-order valence-electron chi connectivity index (χ1n) is 8.78. The van der Waals surface area contributed by atoms with E-state index in [9.17, 15) is 19.8 Å². The van der Waals surface area contributed by atoms with Gasteiger partial charge in [0.25, 0.3) is 5.56 Å². The second kappa shape index (κ2) is 6.23. The minimum absolute atomic E-state index is 0.150. The lowest BCUT2D eigenvalue weighted by Gasteiger charge is -2.09. The third kappa shape index (κ3) is 2.91. The van der Waals surface area contributed by atoms with Crippen LogP contribution in [0.4, 0.5) is 0 Å². The van der Waals surface area contributed by atoms with Gasteiger partial charge in [0.2, 0.25) is 0 Å². The van der Waals surface area contributed by atoms with Crippen molar-refractivity contribution in [3.8, 4) is 0 Å². The summed E-state index contributed by atoms with van der Waals surface area (Å²) in [4.78, 5) is 28.8. The fraction of sp³-hybridized carbons (Fsp3) is 0.615. The molecule has 0 aromatic carbocycles. The lowest BCUT2D eigenvalue weighted by molar-refractivity contribution is 0.0858. The molecule has 0 spiro atoms. The van der Waals surface area contributed by atoms with E-state index in [1.54, 1.807) is 7.05 Å². The minimum atomic E-state index is -3.49. The van der Waals surface area contributed by atoms with Gasteiger partial charge in [0, 0.05) is 23.4 Å². The zero-order valence-corrected chi connectivity index (χ0v) is 11.7. The molecule has 2 aromatic heterocycles. The Bertz CT molecular complexity index is 941. The van der Waals surface area contributed by atoms with Crippen LogP contribution in [0, 0.1) is 0 Å². The van der Waals surface area contributed by atoms with Crippen LogP contribution in [0.2, 0.25) is 0 Å². The van der Waals surface area contributed by atoms with Gasteiger partial charge >= 0.3 is 5.69 Å². The molecule has 116 valence electrons. The number of imidazole rings is 1. The van der Waals surface area contributed by atoms with Crippen LogP contribution < -0.4 is 11.2 Å². The molecular formula is C13H20N4O4. The van der Waals surface area contributed by atoms with Crippen molar-refractivity contribution in [2.75, 3.05) is 6.56 Å². The van der Waals surface area contributed by atoms with Gasteiger partial charge in [-0.2, -0.15) is 0 Å². The molecule has 0 bridgehead atoms. The van der Waals surface area contributed by atoms with Crippen molar-refractivity contribution in [2.45, 2.75) is 31.8 Å². The first-order chi connectivity index (χ1) is 11.7. The standard InChI is InChI=1S/C13H20N4O4/c1-15-8-14-11-10(15)12(20)17(13(21)16(11)2)6-4-3-5-9(19)7-18/h8-9,18-19H,3-7H2,1-2H3/t9-/m1/s1/i5D2,7D2,9D. The Hall–Kier alpha value is -1.93. The molecule has 0 amide bonds. The van der Waals surface area contributed by atoms with Gasteiger partial charge in [0.15, 0.2) is 11.2 Å². The lowest BCUT2D eigenvalue weighted by Crippen LogP contribution is -2.39. The number of aromatic nitrogens is 4. The van der Waals surface area contributed by atoms with Crippen LogP contribution in [0.1, 0.15) is 26.1 Å². The Morgan fingerprint density at radius 3 is 2.81 bits per heavy atom. The van der Waals surface area contributed by atoms with E-state index in [1.165, 1.54) is 22.5 Å². The predicted octanol–water partition coefficient (Wildman–Crippen LogP) is -1.04. The highest BCUT2D eigenvalue weighted by molar-refractivity contribution is 5.69.